The number of halogens is 2. The first-order chi connectivity index (χ1) is 9.65. The van der Waals surface area contributed by atoms with Crippen LogP contribution in [0.25, 0.3) is 5.65 Å². The molecule has 4 N–H and O–H groups in total. The molecule has 102 valence electrons. The Balaban J connectivity index is 2.07. The van der Waals surface area contributed by atoms with Gasteiger partial charge in [0.05, 0.1) is 6.20 Å². The number of hydrogen-bond donors (Lipinski definition) is 3. The van der Waals surface area contributed by atoms with Gasteiger partial charge in [0.1, 0.15) is 5.82 Å². The van der Waals surface area contributed by atoms with Gasteiger partial charge in [-0.3, -0.25) is 0 Å². The van der Waals surface area contributed by atoms with Crippen LogP contribution < -0.4 is 16.6 Å². The van der Waals surface area contributed by atoms with Crippen molar-refractivity contribution >= 4 is 34.6 Å². The molecule has 0 aliphatic heterocycles. The molecule has 0 amide bonds. The maximum atomic E-state index is 13.3. The molecule has 0 radical (unpaired) electrons. The van der Waals surface area contributed by atoms with Crippen molar-refractivity contribution in [2.75, 3.05) is 10.7 Å². The van der Waals surface area contributed by atoms with E-state index < -0.39 is 5.82 Å². The van der Waals surface area contributed by atoms with Crippen LogP contribution >= 0.6 is 11.6 Å². The van der Waals surface area contributed by atoms with Crippen molar-refractivity contribution in [3.8, 4) is 0 Å². The molecule has 20 heavy (non-hydrogen) atoms. The fourth-order valence-corrected chi connectivity index (χ4v) is 2.07. The number of hydrogen-bond acceptors (Lipinski definition) is 5. The van der Waals surface area contributed by atoms with E-state index in [0.717, 1.165) is 0 Å². The molecule has 2 heterocycles. The molecule has 0 saturated carbocycles. The molecule has 8 heteroatoms. The summed E-state index contributed by atoms with van der Waals surface area (Å²) in [5.41, 5.74) is 3.52. The summed E-state index contributed by atoms with van der Waals surface area (Å²) in [5, 5.41) is 3.27. The van der Waals surface area contributed by atoms with Crippen molar-refractivity contribution < 1.29 is 4.39 Å². The van der Waals surface area contributed by atoms with E-state index in [-0.39, 0.29) is 0 Å². The molecular weight excluding hydrogens is 283 g/mol. The summed E-state index contributed by atoms with van der Waals surface area (Å²) in [7, 11) is 0. The number of imidazole rings is 1. The average Bonchev–Trinajstić information content (AvgIpc) is 2.85. The average molecular weight is 293 g/mol. The normalized spacial score (nSPS) is 10.8. The lowest BCUT2D eigenvalue weighted by Crippen LogP contribution is -2.11. The monoisotopic (exact) mass is 292 g/mol. The van der Waals surface area contributed by atoms with E-state index in [4.69, 9.17) is 17.4 Å². The Morgan fingerprint density at radius 2 is 2.15 bits per heavy atom. The van der Waals surface area contributed by atoms with Crippen molar-refractivity contribution in [3.63, 3.8) is 0 Å². The maximum absolute atomic E-state index is 13.3. The van der Waals surface area contributed by atoms with E-state index >= 15 is 0 Å². The molecular formula is C12H10ClFN6. The fourth-order valence-electron chi connectivity index (χ4n) is 1.85. The Hall–Kier alpha value is -2.38. The SMILES string of the molecule is NNc1cn2ccnc2c(Nc2cc(F)cc(Cl)c2)n1. The van der Waals surface area contributed by atoms with Crippen molar-refractivity contribution in [2.45, 2.75) is 0 Å². The largest absolute Gasteiger partial charge is 0.337 e. The topological polar surface area (TPSA) is 80.3 Å². The van der Waals surface area contributed by atoms with Crippen LogP contribution in [0, 0.1) is 5.82 Å². The minimum absolute atomic E-state index is 0.292. The second kappa shape index (κ2) is 4.95. The lowest BCUT2D eigenvalue weighted by Gasteiger charge is -2.09. The van der Waals surface area contributed by atoms with Gasteiger partial charge >= 0.3 is 0 Å². The van der Waals surface area contributed by atoms with Gasteiger partial charge in [-0.1, -0.05) is 11.6 Å². The first-order valence-corrected chi connectivity index (χ1v) is 6.07. The van der Waals surface area contributed by atoms with Gasteiger partial charge in [0.2, 0.25) is 0 Å². The third-order valence-corrected chi connectivity index (χ3v) is 2.87. The molecule has 0 aliphatic rings. The minimum atomic E-state index is -0.438. The van der Waals surface area contributed by atoms with Gasteiger partial charge in [-0.25, -0.2) is 20.2 Å². The second-order valence-electron chi connectivity index (χ2n) is 4.06. The van der Waals surface area contributed by atoms with Gasteiger partial charge in [0.25, 0.3) is 0 Å². The maximum Gasteiger partial charge on any atom is 0.180 e. The minimum Gasteiger partial charge on any atom is -0.337 e. The number of rotatable bonds is 3. The van der Waals surface area contributed by atoms with E-state index in [0.29, 0.717) is 28.0 Å². The van der Waals surface area contributed by atoms with Gasteiger partial charge in [-0.2, -0.15) is 0 Å². The van der Waals surface area contributed by atoms with Crippen molar-refractivity contribution in [3.05, 3.63) is 47.6 Å². The molecule has 3 rings (SSSR count). The van der Waals surface area contributed by atoms with E-state index in [2.05, 4.69) is 20.7 Å². The van der Waals surface area contributed by atoms with Gasteiger partial charge in [0, 0.05) is 23.1 Å². The summed E-state index contributed by atoms with van der Waals surface area (Å²) in [5.74, 6) is 5.81. The standard InChI is InChI=1S/C12H10ClFN6/c13-7-3-8(14)5-9(4-7)17-11-12-16-1-2-20(12)6-10(18-11)19-15/h1-6,19H,15H2,(H,17,18). The molecule has 0 atom stereocenters. The van der Waals surface area contributed by atoms with Crippen LogP contribution in [0.3, 0.4) is 0 Å². The molecule has 1 aromatic carbocycles. The number of anilines is 3. The molecule has 0 fully saturated rings. The number of nitrogens with two attached hydrogens (primary N) is 1. The van der Waals surface area contributed by atoms with E-state index in [9.17, 15) is 4.39 Å². The fraction of sp³-hybridized carbons (Fsp3) is 0. The van der Waals surface area contributed by atoms with Crippen LogP contribution in [0.4, 0.5) is 21.7 Å². The van der Waals surface area contributed by atoms with E-state index in [1.165, 1.54) is 12.1 Å². The zero-order valence-electron chi connectivity index (χ0n) is 10.1. The summed E-state index contributed by atoms with van der Waals surface area (Å²) in [6, 6.07) is 4.13. The summed E-state index contributed by atoms with van der Waals surface area (Å²) in [6.07, 6.45) is 5.06. The van der Waals surface area contributed by atoms with E-state index in [1.54, 1.807) is 29.1 Å². The number of benzene rings is 1. The number of nitrogens with zero attached hydrogens (tertiary/aromatic N) is 3. The smallest absolute Gasteiger partial charge is 0.180 e. The molecule has 0 aliphatic carbocycles. The van der Waals surface area contributed by atoms with Crippen LogP contribution in [-0.4, -0.2) is 14.4 Å². The predicted octanol–water partition coefficient (Wildman–Crippen LogP) is 2.55. The number of fused-ring (bicyclic) bond motifs is 1. The van der Waals surface area contributed by atoms with Crippen molar-refractivity contribution in [1.82, 2.24) is 14.4 Å². The first-order valence-electron chi connectivity index (χ1n) is 5.69. The molecule has 6 nitrogen and oxygen atoms in total. The van der Waals surface area contributed by atoms with Crippen LogP contribution in [-0.2, 0) is 0 Å². The predicted molar refractivity (Wildman–Crippen MR) is 75.5 cm³/mol. The van der Waals surface area contributed by atoms with Crippen molar-refractivity contribution in [1.29, 1.82) is 0 Å². The first kappa shape index (κ1) is 12.6. The Labute approximate surface area is 118 Å². The van der Waals surface area contributed by atoms with Crippen LogP contribution in [0.5, 0.6) is 0 Å². The van der Waals surface area contributed by atoms with Crippen LogP contribution in [0.2, 0.25) is 5.02 Å². The summed E-state index contributed by atoms with van der Waals surface area (Å²) < 4.78 is 15.1. The highest BCUT2D eigenvalue weighted by atomic mass is 35.5. The number of nitrogen functional groups attached to an aromatic ring is 1. The quantitative estimate of drug-likeness (QED) is 0.511. The molecule has 0 saturated heterocycles. The lowest BCUT2D eigenvalue weighted by atomic mass is 10.3. The Bertz CT molecular complexity index is 751. The molecule has 0 unspecified atom stereocenters. The van der Waals surface area contributed by atoms with Crippen molar-refractivity contribution in [2.24, 2.45) is 5.84 Å². The highest BCUT2D eigenvalue weighted by molar-refractivity contribution is 6.30. The van der Waals surface area contributed by atoms with Crippen LogP contribution in [0.15, 0.2) is 36.8 Å². The highest BCUT2D eigenvalue weighted by Crippen LogP contribution is 2.24. The summed E-state index contributed by atoms with van der Waals surface area (Å²) >= 11 is 5.82. The third-order valence-electron chi connectivity index (χ3n) is 2.65. The number of nitrogens with one attached hydrogen (secondary N) is 2. The zero-order valence-corrected chi connectivity index (χ0v) is 10.9. The molecule has 3 aromatic rings. The van der Waals surface area contributed by atoms with Gasteiger partial charge in [0.15, 0.2) is 17.3 Å². The summed E-state index contributed by atoms with van der Waals surface area (Å²) in [4.78, 5) is 8.43. The number of aromatic nitrogens is 3. The molecule has 2 aromatic heterocycles. The Kier molecular flexibility index (Phi) is 3.13. The highest BCUT2D eigenvalue weighted by Gasteiger charge is 2.08. The summed E-state index contributed by atoms with van der Waals surface area (Å²) in [6.45, 7) is 0. The van der Waals surface area contributed by atoms with Gasteiger partial charge in [-0.05, 0) is 18.2 Å². The lowest BCUT2D eigenvalue weighted by molar-refractivity contribution is 0.628. The Morgan fingerprint density at radius 1 is 1.30 bits per heavy atom. The third kappa shape index (κ3) is 2.36. The van der Waals surface area contributed by atoms with Gasteiger partial charge < -0.3 is 15.1 Å². The van der Waals surface area contributed by atoms with Crippen LogP contribution in [0.1, 0.15) is 0 Å². The molecule has 0 bridgehead atoms. The van der Waals surface area contributed by atoms with E-state index in [1.807, 2.05) is 0 Å². The Morgan fingerprint density at radius 3 is 2.90 bits per heavy atom. The molecule has 0 spiro atoms. The zero-order chi connectivity index (χ0) is 14.1. The van der Waals surface area contributed by atoms with Gasteiger partial charge in [-0.15, -0.1) is 0 Å². The number of hydrazine groups is 1. The second-order valence-corrected chi connectivity index (χ2v) is 4.50.